The number of carbonyl (C=O) groups excluding carboxylic acids is 1. The van der Waals surface area contributed by atoms with Crippen molar-refractivity contribution in [1.82, 2.24) is 4.90 Å². The molecule has 5 nitrogen and oxygen atoms in total. The van der Waals surface area contributed by atoms with Gasteiger partial charge in [-0.05, 0) is 23.5 Å². The maximum Gasteiger partial charge on any atom is 0.269 e. The first-order chi connectivity index (χ1) is 9.38. The van der Waals surface area contributed by atoms with Crippen LogP contribution in [0.3, 0.4) is 0 Å². The molecule has 0 bridgehead atoms. The quantitative estimate of drug-likeness (QED) is 0.633. The number of amides is 1. The molecule has 1 amide bonds. The van der Waals surface area contributed by atoms with Crippen LogP contribution in [-0.2, 0) is 11.3 Å². The highest BCUT2D eigenvalue weighted by molar-refractivity contribution is 6.31. The first-order valence-electron chi connectivity index (χ1n) is 6.59. The fourth-order valence-electron chi connectivity index (χ4n) is 2.40. The van der Waals surface area contributed by atoms with E-state index >= 15 is 0 Å². The molecular formula is C14H17ClN2O3. The molecule has 1 atom stereocenters. The number of nitrogens with zero attached hydrogens (tertiary/aromatic N) is 2. The highest BCUT2D eigenvalue weighted by Crippen LogP contribution is 2.29. The maximum absolute atomic E-state index is 12.0. The standard InChI is InChI=1S/C14H17ClN2O3/c1-9(2)10-6-14(18)16(7-10)8-11-5-12(17(19)20)3-4-13(11)15/h3-5,9-10H,6-8H2,1-2H3. The van der Waals surface area contributed by atoms with Crippen molar-refractivity contribution in [2.24, 2.45) is 11.8 Å². The van der Waals surface area contributed by atoms with E-state index in [9.17, 15) is 14.9 Å². The molecule has 1 aromatic carbocycles. The van der Waals surface area contributed by atoms with E-state index < -0.39 is 4.92 Å². The van der Waals surface area contributed by atoms with Gasteiger partial charge in [-0.1, -0.05) is 25.4 Å². The minimum Gasteiger partial charge on any atom is -0.338 e. The van der Waals surface area contributed by atoms with Crippen LogP contribution in [-0.4, -0.2) is 22.3 Å². The van der Waals surface area contributed by atoms with Gasteiger partial charge < -0.3 is 4.90 Å². The monoisotopic (exact) mass is 296 g/mol. The fraction of sp³-hybridized carbons (Fsp3) is 0.500. The van der Waals surface area contributed by atoms with Crippen LogP contribution < -0.4 is 0 Å². The molecule has 20 heavy (non-hydrogen) atoms. The number of halogens is 1. The van der Waals surface area contributed by atoms with Gasteiger partial charge in [0.1, 0.15) is 0 Å². The molecule has 1 unspecified atom stereocenters. The Balaban J connectivity index is 2.16. The van der Waals surface area contributed by atoms with Crippen molar-refractivity contribution >= 4 is 23.2 Å². The van der Waals surface area contributed by atoms with E-state index in [4.69, 9.17) is 11.6 Å². The van der Waals surface area contributed by atoms with E-state index in [0.717, 1.165) is 0 Å². The van der Waals surface area contributed by atoms with Crippen molar-refractivity contribution < 1.29 is 9.72 Å². The molecule has 0 spiro atoms. The first kappa shape index (κ1) is 14.8. The van der Waals surface area contributed by atoms with Gasteiger partial charge in [0.25, 0.3) is 5.69 Å². The van der Waals surface area contributed by atoms with Crippen molar-refractivity contribution in [3.8, 4) is 0 Å². The molecule has 0 aromatic heterocycles. The Morgan fingerprint density at radius 2 is 2.20 bits per heavy atom. The molecule has 1 aliphatic rings. The number of nitro benzene ring substituents is 1. The average molecular weight is 297 g/mol. The number of hydrogen-bond acceptors (Lipinski definition) is 3. The lowest BCUT2D eigenvalue weighted by Gasteiger charge is -2.18. The van der Waals surface area contributed by atoms with Gasteiger partial charge in [-0.25, -0.2) is 0 Å². The van der Waals surface area contributed by atoms with Crippen LogP contribution in [0.15, 0.2) is 18.2 Å². The van der Waals surface area contributed by atoms with E-state index in [1.165, 1.54) is 18.2 Å². The van der Waals surface area contributed by atoms with Gasteiger partial charge >= 0.3 is 0 Å². The Hall–Kier alpha value is -1.62. The summed E-state index contributed by atoms with van der Waals surface area (Å²) in [6.07, 6.45) is 0.546. The summed E-state index contributed by atoms with van der Waals surface area (Å²) in [5, 5.41) is 11.2. The Morgan fingerprint density at radius 1 is 1.50 bits per heavy atom. The van der Waals surface area contributed by atoms with Crippen LogP contribution in [0.1, 0.15) is 25.8 Å². The third-order valence-corrected chi connectivity index (χ3v) is 4.16. The van der Waals surface area contributed by atoms with Crippen molar-refractivity contribution in [3.63, 3.8) is 0 Å². The molecule has 108 valence electrons. The van der Waals surface area contributed by atoms with Crippen LogP contribution in [0, 0.1) is 22.0 Å². The average Bonchev–Trinajstić information content (AvgIpc) is 2.73. The second-order valence-corrected chi connectivity index (χ2v) is 5.92. The van der Waals surface area contributed by atoms with E-state index in [1.54, 1.807) is 4.90 Å². The predicted octanol–water partition coefficient (Wildman–Crippen LogP) is 3.25. The summed E-state index contributed by atoms with van der Waals surface area (Å²) < 4.78 is 0. The summed E-state index contributed by atoms with van der Waals surface area (Å²) in [6, 6.07) is 4.32. The molecular weight excluding hydrogens is 280 g/mol. The Kier molecular flexibility index (Phi) is 4.28. The van der Waals surface area contributed by atoms with Crippen LogP contribution in [0.2, 0.25) is 5.02 Å². The fourth-order valence-corrected chi connectivity index (χ4v) is 2.58. The zero-order chi connectivity index (χ0) is 14.9. The second kappa shape index (κ2) is 5.79. The third-order valence-electron chi connectivity index (χ3n) is 3.79. The molecule has 6 heteroatoms. The van der Waals surface area contributed by atoms with Crippen LogP contribution >= 0.6 is 11.6 Å². The summed E-state index contributed by atoms with van der Waals surface area (Å²) in [5.74, 6) is 0.885. The van der Waals surface area contributed by atoms with Gasteiger partial charge in [-0.3, -0.25) is 14.9 Å². The van der Waals surface area contributed by atoms with E-state index in [0.29, 0.717) is 41.9 Å². The Bertz CT molecular complexity index is 545. The second-order valence-electron chi connectivity index (χ2n) is 5.52. The number of hydrogen-bond donors (Lipinski definition) is 0. The van der Waals surface area contributed by atoms with Crippen LogP contribution in [0.25, 0.3) is 0 Å². The predicted molar refractivity (Wildman–Crippen MR) is 76.5 cm³/mol. The van der Waals surface area contributed by atoms with Gasteiger partial charge in [0.2, 0.25) is 5.91 Å². The highest BCUT2D eigenvalue weighted by atomic mass is 35.5. The zero-order valence-corrected chi connectivity index (χ0v) is 12.3. The normalized spacial score (nSPS) is 18.9. The summed E-state index contributed by atoms with van der Waals surface area (Å²) >= 11 is 6.07. The summed E-state index contributed by atoms with van der Waals surface area (Å²) in [4.78, 5) is 24.0. The van der Waals surface area contributed by atoms with Crippen LogP contribution in [0.4, 0.5) is 5.69 Å². The minimum atomic E-state index is -0.456. The molecule has 1 aliphatic heterocycles. The molecule has 1 aromatic rings. The third kappa shape index (κ3) is 3.10. The molecule has 1 heterocycles. The van der Waals surface area contributed by atoms with Gasteiger partial charge in [-0.15, -0.1) is 0 Å². The topological polar surface area (TPSA) is 63.5 Å². The first-order valence-corrected chi connectivity index (χ1v) is 6.97. The van der Waals surface area contributed by atoms with Crippen molar-refractivity contribution in [3.05, 3.63) is 38.9 Å². The molecule has 1 fully saturated rings. The molecule has 0 aliphatic carbocycles. The lowest BCUT2D eigenvalue weighted by molar-refractivity contribution is -0.384. The number of rotatable bonds is 4. The number of benzene rings is 1. The lowest BCUT2D eigenvalue weighted by atomic mass is 9.95. The van der Waals surface area contributed by atoms with Crippen molar-refractivity contribution in [1.29, 1.82) is 0 Å². The molecule has 0 radical (unpaired) electrons. The molecule has 2 rings (SSSR count). The summed E-state index contributed by atoms with van der Waals surface area (Å²) in [7, 11) is 0. The van der Waals surface area contributed by atoms with Gasteiger partial charge in [0, 0.05) is 36.7 Å². The SMILES string of the molecule is CC(C)C1CC(=O)N(Cc2cc([N+](=O)[O-])ccc2Cl)C1. The van der Waals surface area contributed by atoms with E-state index in [-0.39, 0.29) is 11.6 Å². The minimum absolute atomic E-state index is 0.00328. The Labute approximate surface area is 122 Å². The van der Waals surface area contributed by atoms with Gasteiger partial charge in [0.15, 0.2) is 0 Å². The van der Waals surface area contributed by atoms with Crippen LogP contribution in [0.5, 0.6) is 0 Å². The largest absolute Gasteiger partial charge is 0.338 e. The summed E-state index contributed by atoms with van der Waals surface area (Å²) in [5.41, 5.74) is 0.620. The Morgan fingerprint density at radius 3 is 2.75 bits per heavy atom. The van der Waals surface area contributed by atoms with Gasteiger partial charge in [0.05, 0.1) is 4.92 Å². The van der Waals surface area contributed by atoms with E-state index in [2.05, 4.69) is 13.8 Å². The van der Waals surface area contributed by atoms with Gasteiger partial charge in [-0.2, -0.15) is 0 Å². The number of nitro groups is 1. The summed E-state index contributed by atoms with van der Waals surface area (Å²) in [6.45, 7) is 5.22. The molecule has 0 N–H and O–H groups in total. The smallest absolute Gasteiger partial charge is 0.269 e. The number of likely N-dealkylation sites (tertiary alicyclic amines) is 1. The zero-order valence-electron chi connectivity index (χ0n) is 11.5. The van der Waals surface area contributed by atoms with E-state index in [1.807, 2.05) is 0 Å². The van der Waals surface area contributed by atoms with Crippen molar-refractivity contribution in [2.75, 3.05) is 6.54 Å². The molecule has 1 saturated heterocycles. The number of non-ortho nitro benzene ring substituents is 1. The number of carbonyl (C=O) groups is 1. The van der Waals surface area contributed by atoms with Crippen molar-refractivity contribution in [2.45, 2.75) is 26.8 Å². The highest BCUT2D eigenvalue weighted by Gasteiger charge is 2.31. The lowest BCUT2D eigenvalue weighted by Crippen LogP contribution is -2.25. The molecule has 0 saturated carbocycles. The maximum atomic E-state index is 12.0.